The van der Waals surface area contributed by atoms with Crippen molar-refractivity contribution in [1.29, 1.82) is 0 Å². The zero-order valence-electron chi connectivity index (χ0n) is 9.13. The number of hydrogen-bond donors (Lipinski definition) is 1. The molecule has 3 nitrogen and oxygen atoms in total. The average molecular weight is 223 g/mol. The van der Waals surface area contributed by atoms with E-state index in [0.717, 1.165) is 0 Å². The standard InChI is InChI=1S/C12H14FNO2/c1-2-16-11(15)12(5-6-12)9-4-3-8(14)7-10(9)13/h3-4,7H,2,5-6,14H2,1H3. The summed E-state index contributed by atoms with van der Waals surface area (Å²) < 4.78 is 18.7. The van der Waals surface area contributed by atoms with E-state index in [1.165, 1.54) is 6.07 Å². The summed E-state index contributed by atoms with van der Waals surface area (Å²) in [5.41, 5.74) is 5.48. The third kappa shape index (κ3) is 1.64. The first kappa shape index (κ1) is 10.9. The Balaban J connectivity index is 2.33. The van der Waals surface area contributed by atoms with Crippen molar-refractivity contribution in [3.63, 3.8) is 0 Å². The fourth-order valence-corrected chi connectivity index (χ4v) is 1.90. The van der Waals surface area contributed by atoms with Crippen LogP contribution >= 0.6 is 0 Å². The number of nitrogens with two attached hydrogens (primary N) is 1. The van der Waals surface area contributed by atoms with Gasteiger partial charge in [-0.3, -0.25) is 4.79 Å². The van der Waals surface area contributed by atoms with Crippen molar-refractivity contribution in [2.24, 2.45) is 0 Å². The Kier molecular flexibility index (Phi) is 2.58. The van der Waals surface area contributed by atoms with Crippen LogP contribution in [0.15, 0.2) is 18.2 Å². The van der Waals surface area contributed by atoms with Crippen LogP contribution < -0.4 is 5.73 Å². The topological polar surface area (TPSA) is 52.3 Å². The normalized spacial score (nSPS) is 16.9. The van der Waals surface area contributed by atoms with Crippen LogP contribution in [0.25, 0.3) is 0 Å². The number of benzene rings is 1. The fourth-order valence-electron chi connectivity index (χ4n) is 1.90. The van der Waals surface area contributed by atoms with Gasteiger partial charge in [0.05, 0.1) is 12.0 Å². The van der Waals surface area contributed by atoms with Gasteiger partial charge in [-0.05, 0) is 31.9 Å². The molecule has 1 saturated carbocycles. The van der Waals surface area contributed by atoms with Gasteiger partial charge in [0.15, 0.2) is 0 Å². The Morgan fingerprint density at radius 2 is 2.25 bits per heavy atom. The van der Waals surface area contributed by atoms with Gasteiger partial charge in [0, 0.05) is 11.3 Å². The van der Waals surface area contributed by atoms with E-state index in [1.54, 1.807) is 19.1 Å². The number of anilines is 1. The van der Waals surface area contributed by atoms with Crippen molar-refractivity contribution in [2.75, 3.05) is 12.3 Å². The van der Waals surface area contributed by atoms with Crippen LogP contribution in [-0.4, -0.2) is 12.6 Å². The molecule has 0 unspecified atom stereocenters. The van der Waals surface area contributed by atoms with Gasteiger partial charge in [0.25, 0.3) is 0 Å². The maximum absolute atomic E-state index is 13.7. The molecule has 0 saturated heterocycles. The highest BCUT2D eigenvalue weighted by Gasteiger charge is 2.54. The lowest BCUT2D eigenvalue weighted by Crippen LogP contribution is -2.24. The van der Waals surface area contributed by atoms with Crippen molar-refractivity contribution in [2.45, 2.75) is 25.2 Å². The largest absolute Gasteiger partial charge is 0.465 e. The minimum absolute atomic E-state index is 0.317. The zero-order chi connectivity index (χ0) is 11.8. The molecular formula is C12H14FNO2. The van der Waals surface area contributed by atoms with Gasteiger partial charge in [-0.15, -0.1) is 0 Å². The van der Waals surface area contributed by atoms with Crippen molar-refractivity contribution in [3.8, 4) is 0 Å². The number of esters is 1. The van der Waals surface area contributed by atoms with Crippen molar-refractivity contribution >= 4 is 11.7 Å². The van der Waals surface area contributed by atoms with Crippen LogP contribution in [0, 0.1) is 5.82 Å². The fraction of sp³-hybridized carbons (Fsp3) is 0.417. The Morgan fingerprint density at radius 1 is 1.56 bits per heavy atom. The van der Waals surface area contributed by atoms with Gasteiger partial charge in [-0.2, -0.15) is 0 Å². The summed E-state index contributed by atoms with van der Waals surface area (Å²) in [4.78, 5) is 11.7. The predicted octanol–water partition coefficient (Wildman–Crippen LogP) is 2.00. The van der Waals surface area contributed by atoms with E-state index in [1.807, 2.05) is 0 Å². The molecule has 1 aromatic rings. The lowest BCUT2D eigenvalue weighted by molar-refractivity contribution is -0.146. The third-order valence-corrected chi connectivity index (χ3v) is 2.92. The molecule has 0 aromatic heterocycles. The summed E-state index contributed by atoms with van der Waals surface area (Å²) >= 11 is 0. The minimum Gasteiger partial charge on any atom is -0.465 e. The first-order valence-electron chi connectivity index (χ1n) is 5.33. The van der Waals surface area contributed by atoms with Gasteiger partial charge in [-0.1, -0.05) is 6.07 Å². The van der Waals surface area contributed by atoms with Gasteiger partial charge in [0.2, 0.25) is 0 Å². The van der Waals surface area contributed by atoms with Crippen LogP contribution in [0.4, 0.5) is 10.1 Å². The Labute approximate surface area is 93.4 Å². The number of carbonyl (C=O) groups excluding carboxylic acids is 1. The van der Waals surface area contributed by atoms with Crippen molar-refractivity contribution in [3.05, 3.63) is 29.6 Å². The molecule has 0 aliphatic heterocycles. The van der Waals surface area contributed by atoms with Crippen LogP contribution in [0.2, 0.25) is 0 Å². The van der Waals surface area contributed by atoms with E-state index in [0.29, 0.717) is 30.7 Å². The maximum atomic E-state index is 13.7. The third-order valence-electron chi connectivity index (χ3n) is 2.92. The van der Waals surface area contributed by atoms with Crippen LogP contribution in [-0.2, 0) is 14.9 Å². The minimum atomic E-state index is -0.756. The molecule has 16 heavy (non-hydrogen) atoms. The molecule has 1 aromatic carbocycles. The first-order valence-corrected chi connectivity index (χ1v) is 5.33. The SMILES string of the molecule is CCOC(=O)C1(c2ccc(N)cc2F)CC1. The molecule has 1 aliphatic carbocycles. The van der Waals surface area contributed by atoms with Gasteiger partial charge < -0.3 is 10.5 Å². The van der Waals surface area contributed by atoms with Gasteiger partial charge in [-0.25, -0.2) is 4.39 Å². The van der Waals surface area contributed by atoms with E-state index in [-0.39, 0.29) is 5.97 Å². The summed E-state index contributed by atoms with van der Waals surface area (Å²) in [6.45, 7) is 2.06. The number of carbonyl (C=O) groups is 1. The summed E-state index contributed by atoms with van der Waals surface area (Å²) in [5, 5.41) is 0. The summed E-state index contributed by atoms with van der Waals surface area (Å²) in [7, 11) is 0. The van der Waals surface area contributed by atoms with E-state index in [2.05, 4.69) is 0 Å². The molecule has 0 bridgehead atoms. The number of nitrogen functional groups attached to an aromatic ring is 1. The molecule has 0 heterocycles. The quantitative estimate of drug-likeness (QED) is 0.630. The smallest absolute Gasteiger partial charge is 0.316 e. The van der Waals surface area contributed by atoms with E-state index in [9.17, 15) is 9.18 Å². The highest BCUT2D eigenvalue weighted by Crippen LogP contribution is 2.50. The monoisotopic (exact) mass is 223 g/mol. The molecule has 86 valence electrons. The number of ether oxygens (including phenoxy) is 1. The Bertz CT molecular complexity index is 427. The Hall–Kier alpha value is -1.58. The summed E-state index contributed by atoms with van der Waals surface area (Å²) in [6.07, 6.45) is 1.29. The van der Waals surface area contributed by atoms with Crippen LogP contribution in [0.1, 0.15) is 25.3 Å². The molecular weight excluding hydrogens is 209 g/mol. The second-order valence-corrected chi connectivity index (χ2v) is 4.04. The molecule has 4 heteroatoms. The molecule has 0 amide bonds. The molecule has 1 fully saturated rings. The molecule has 0 spiro atoms. The number of halogens is 1. The molecule has 2 N–H and O–H groups in total. The average Bonchev–Trinajstić information content (AvgIpc) is 2.99. The second kappa shape index (κ2) is 3.77. The lowest BCUT2D eigenvalue weighted by atomic mass is 9.95. The van der Waals surface area contributed by atoms with E-state index < -0.39 is 11.2 Å². The molecule has 0 atom stereocenters. The highest BCUT2D eigenvalue weighted by molar-refractivity contribution is 5.86. The lowest BCUT2D eigenvalue weighted by Gasteiger charge is -2.15. The molecule has 0 radical (unpaired) electrons. The van der Waals surface area contributed by atoms with Crippen molar-refractivity contribution < 1.29 is 13.9 Å². The predicted molar refractivity (Wildman–Crippen MR) is 58.4 cm³/mol. The van der Waals surface area contributed by atoms with E-state index >= 15 is 0 Å². The zero-order valence-corrected chi connectivity index (χ0v) is 9.13. The van der Waals surface area contributed by atoms with Crippen LogP contribution in [0.5, 0.6) is 0 Å². The van der Waals surface area contributed by atoms with Gasteiger partial charge >= 0.3 is 5.97 Å². The maximum Gasteiger partial charge on any atom is 0.316 e. The van der Waals surface area contributed by atoms with Gasteiger partial charge in [0.1, 0.15) is 5.82 Å². The second-order valence-electron chi connectivity index (χ2n) is 4.04. The number of rotatable bonds is 3. The van der Waals surface area contributed by atoms with Crippen LogP contribution in [0.3, 0.4) is 0 Å². The Morgan fingerprint density at radius 3 is 2.75 bits per heavy atom. The number of hydrogen-bond acceptors (Lipinski definition) is 3. The molecule has 2 rings (SSSR count). The van der Waals surface area contributed by atoms with E-state index in [4.69, 9.17) is 10.5 Å². The first-order chi connectivity index (χ1) is 7.60. The summed E-state index contributed by atoms with van der Waals surface area (Å²) in [5.74, 6) is -0.760. The molecule has 1 aliphatic rings. The summed E-state index contributed by atoms with van der Waals surface area (Å²) in [6, 6.07) is 4.43. The van der Waals surface area contributed by atoms with Crippen molar-refractivity contribution in [1.82, 2.24) is 0 Å². The highest BCUT2D eigenvalue weighted by atomic mass is 19.1.